The standard InChI is InChI=1S/C23H17B5ClFN6O/c1-10-15-7-13(30)3-4-14(15)18-12(9-35(2)33-18)5-16-19(11-6-17(37-10)21(31)32-8-11)36(34-20(16)29)23(27,28)22(24,25)26/h3-4,6-10H,5H2,1-2H3,(H2,31,32). The molecule has 2 bridgehead atoms. The molecule has 1 unspecified atom stereocenters. The fourth-order valence-corrected chi connectivity index (χ4v) is 4.66. The summed E-state index contributed by atoms with van der Waals surface area (Å²) in [6.07, 6.45) is 2.94. The quantitative estimate of drug-likeness (QED) is 0.426. The lowest BCUT2D eigenvalue weighted by atomic mass is 9.26. The van der Waals surface area contributed by atoms with Crippen molar-refractivity contribution >= 4 is 56.7 Å². The van der Waals surface area contributed by atoms with E-state index in [0.717, 1.165) is 5.56 Å². The van der Waals surface area contributed by atoms with Crippen LogP contribution in [0.5, 0.6) is 5.75 Å². The molecular weight excluding hydrogens is 485 g/mol. The van der Waals surface area contributed by atoms with E-state index >= 15 is 0 Å². The van der Waals surface area contributed by atoms with Crippen LogP contribution in [0.1, 0.15) is 29.7 Å². The van der Waals surface area contributed by atoms with E-state index in [2.05, 4.69) is 15.2 Å². The molecule has 2 N–H and O–H groups in total. The lowest BCUT2D eigenvalue weighted by Crippen LogP contribution is -2.49. The highest BCUT2D eigenvalue weighted by atomic mass is 35.5. The SMILES string of the molecule is [B]C([B])([B])C([B])([B])n1nc(Cl)c2c1-c1cnc(N)c(c1)OC(C)c1cc(F)ccc1-c1nn(C)cc1C2. The van der Waals surface area contributed by atoms with Crippen molar-refractivity contribution in [3.63, 3.8) is 0 Å². The van der Waals surface area contributed by atoms with Crippen LogP contribution in [0.3, 0.4) is 0 Å². The summed E-state index contributed by atoms with van der Waals surface area (Å²) in [4.78, 5) is 4.28. The predicted octanol–water partition coefficient (Wildman–Crippen LogP) is 2.29. The van der Waals surface area contributed by atoms with E-state index in [0.29, 0.717) is 33.6 Å². The Kier molecular flexibility index (Phi) is 6.05. The van der Waals surface area contributed by atoms with Gasteiger partial charge in [0.25, 0.3) is 0 Å². The molecule has 5 rings (SSSR count). The molecule has 1 aliphatic heterocycles. The average molecular weight is 502 g/mol. The van der Waals surface area contributed by atoms with Crippen LogP contribution < -0.4 is 10.5 Å². The van der Waals surface area contributed by atoms with Crippen molar-refractivity contribution in [3.05, 3.63) is 64.3 Å². The normalized spacial score (nSPS) is 15.5. The number of halogens is 2. The van der Waals surface area contributed by atoms with Gasteiger partial charge in [-0.3, -0.25) is 9.36 Å². The van der Waals surface area contributed by atoms with E-state index in [4.69, 9.17) is 61.3 Å². The third kappa shape index (κ3) is 4.27. The number of benzene rings is 1. The summed E-state index contributed by atoms with van der Waals surface area (Å²) in [5.74, 6) is -0.0715. The summed E-state index contributed by atoms with van der Waals surface area (Å²) in [5.41, 5.74) is 10.1. The molecular formula is C23H17B5ClFN6O. The maximum absolute atomic E-state index is 14.4. The zero-order valence-electron chi connectivity index (χ0n) is 20.1. The Balaban J connectivity index is 1.86. The van der Waals surface area contributed by atoms with Crippen LogP contribution in [-0.4, -0.2) is 63.8 Å². The van der Waals surface area contributed by atoms with E-state index in [1.165, 1.54) is 23.0 Å². The van der Waals surface area contributed by atoms with Crippen molar-refractivity contribution in [1.82, 2.24) is 24.5 Å². The van der Waals surface area contributed by atoms with E-state index in [9.17, 15) is 4.39 Å². The number of anilines is 1. The molecule has 0 amide bonds. The Labute approximate surface area is 225 Å². The van der Waals surface area contributed by atoms with Crippen molar-refractivity contribution < 1.29 is 9.13 Å². The monoisotopic (exact) mass is 502 g/mol. The first-order valence-electron chi connectivity index (χ1n) is 11.2. The molecule has 3 aromatic heterocycles. The minimum Gasteiger partial charge on any atom is -0.482 e. The number of fused-ring (bicyclic) bond motifs is 7. The van der Waals surface area contributed by atoms with E-state index in [-0.39, 0.29) is 23.1 Å². The van der Waals surface area contributed by atoms with E-state index in [1.807, 2.05) is 6.20 Å². The third-order valence-electron chi connectivity index (χ3n) is 6.42. The van der Waals surface area contributed by atoms with E-state index in [1.54, 1.807) is 30.8 Å². The van der Waals surface area contributed by atoms with Crippen molar-refractivity contribution in [2.75, 3.05) is 5.73 Å². The van der Waals surface area contributed by atoms with Gasteiger partial charge >= 0.3 is 0 Å². The summed E-state index contributed by atoms with van der Waals surface area (Å²) in [6, 6.07) is 6.07. The highest BCUT2D eigenvalue weighted by Gasteiger charge is 2.37. The van der Waals surface area contributed by atoms with Gasteiger partial charge in [0.2, 0.25) is 0 Å². The summed E-state index contributed by atoms with van der Waals surface area (Å²) in [5, 5.41) is 4.94. The predicted molar refractivity (Wildman–Crippen MR) is 145 cm³/mol. The molecule has 7 nitrogen and oxygen atoms in total. The van der Waals surface area contributed by atoms with Gasteiger partial charge in [0, 0.05) is 53.7 Å². The summed E-state index contributed by atoms with van der Waals surface area (Å²) in [7, 11) is 32.2. The Hall–Kier alpha value is -3.07. The maximum atomic E-state index is 14.4. The third-order valence-corrected chi connectivity index (χ3v) is 6.72. The smallest absolute Gasteiger partial charge is 0.166 e. The number of aromatic nitrogens is 5. The van der Waals surface area contributed by atoms with Gasteiger partial charge in [0.15, 0.2) is 16.7 Å². The summed E-state index contributed by atoms with van der Waals surface area (Å²) < 4.78 is 23.4. The molecule has 10 radical (unpaired) electrons. The maximum Gasteiger partial charge on any atom is 0.166 e. The molecule has 4 heterocycles. The van der Waals surface area contributed by atoms with Crippen LogP contribution >= 0.6 is 11.6 Å². The van der Waals surface area contributed by atoms with Crippen LogP contribution in [0.25, 0.3) is 22.5 Å². The number of pyridine rings is 1. The second-order valence-corrected chi connectivity index (χ2v) is 9.60. The average Bonchev–Trinajstić information content (AvgIpc) is 3.33. The minimum absolute atomic E-state index is 0.0818. The molecule has 1 aliphatic rings. The zero-order valence-corrected chi connectivity index (χ0v) is 20.9. The van der Waals surface area contributed by atoms with Crippen LogP contribution in [-0.2, 0) is 18.8 Å². The molecule has 37 heavy (non-hydrogen) atoms. The fourth-order valence-electron chi connectivity index (χ4n) is 4.43. The molecule has 14 heteroatoms. The van der Waals surface area contributed by atoms with Gasteiger partial charge in [0.1, 0.15) is 11.9 Å². The second kappa shape index (κ2) is 8.76. The Morgan fingerprint density at radius 2 is 1.89 bits per heavy atom. The topological polar surface area (TPSA) is 83.8 Å². The Morgan fingerprint density at radius 3 is 2.59 bits per heavy atom. The highest BCUT2D eigenvalue weighted by molar-refractivity contribution is 6.66. The highest BCUT2D eigenvalue weighted by Crippen LogP contribution is 2.42. The molecule has 0 spiro atoms. The number of nitrogens with two attached hydrogens (primary N) is 1. The van der Waals surface area contributed by atoms with Gasteiger partial charge in [-0.15, -0.1) is 5.11 Å². The molecule has 0 aliphatic carbocycles. The number of hydrogen-bond donors (Lipinski definition) is 1. The Morgan fingerprint density at radius 1 is 1.16 bits per heavy atom. The number of aryl methyl sites for hydroxylation is 1. The van der Waals surface area contributed by atoms with Gasteiger partial charge in [-0.1, -0.05) is 11.6 Å². The van der Waals surface area contributed by atoms with Crippen molar-refractivity contribution in [3.8, 4) is 28.3 Å². The van der Waals surface area contributed by atoms with E-state index < -0.39 is 22.4 Å². The summed E-state index contributed by atoms with van der Waals surface area (Å²) in [6.45, 7) is 1.78. The fraction of sp³-hybridized carbons (Fsp3) is 0.261. The minimum atomic E-state index is -2.09. The van der Waals surface area contributed by atoms with Crippen molar-refractivity contribution in [2.24, 2.45) is 7.05 Å². The molecule has 0 fully saturated rings. The number of rotatable bonds is 2. The Bertz CT molecular complexity index is 1530. The number of nitrogens with zero attached hydrogens (tertiary/aromatic N) is 5. The lowest BCUT2D eigenvalue weighted by Gasteiger charge is -2.43. The number of nitrogen functional groups attached to an aromatic ring is 1. The van der Waals surface area contributed by atoms with Gasteiger partial charge in [0.05, 0.1) is 50.6 Å². The van der Waals surface area contributed by atoms with Crippen molar-refractivity contribution in [1.29, 1.82) is 0 Å². The van der Waals surface area contributed by atoms with Gasteiger partial charge in [-0.2, -0.15) is 10.2 Å². The zero-order chi connectivity index (χ0) is 26.9. The van der Waals surface area contributed by atoms with Crippen LogP contribution in [0.4, 0.5) is 10.2 Å². The lowest BCUT2D eigenvalue weighted by molar-refractivity contribution is 0.227. The first-order valence-corrected chi connectivity index (χ1v) is 11.6. The molecule has 174 valence electrons. The first-order chi connectivity index (χ1) is 17.3. The van der Waals surface area contributed by atoms with Crippen LogP contribution in [0, 0.1) is 5.82 Å². The second-order valence-electron chi connectivity index (χ2n) is 9.24. The van der Waals surface area contributed by atoms with Crippen LogP contribution in [0.2, 0.25) is 10.3 Å². The molecule has 4 aromatic rings. The molecule has 1 atom stereocenters. The van der Waals surface area contributed by atoms with Gasteiger partial charge in [-0.25, -0.2) is 9.37 Å². The molecule has 0 saturated heterocycles. The van der Waals surface area contributed by atoms with Crippen LogP contribution in [0.15, 0.2) is 36.7 Å². The van der Waals surface area contributed by atoms with Crippen molar-refractivity contribution in [2.45, 2.75) is 29.9 Å². The molecule has 0 saturated carbocycles. The van der Waals surface area contributed by atoms with Gasteiger partial charge in [-0.05, 0) is 36.5 Å². The number of ether oxygens (including phenoxy) is 1. The number of hydrogen-bond acceptors (Lipinski definition) is 5. The summed E-state index contributed by atoms with van der Waals surface area (Å²) >= 11 is 6.65. The largest absolute Gasteiger partial charge is 0.482 e. The molecule has 1 aromatic carbocycles. The van der Waals surface area contributed by atoms with Gasteiger partial charge < -0.3 is 10.5 Å². The first kappa shape index (κ1) is 25.6.